The summed E-state index contributed by atoms with van der Waals surface area (Å²) in [6, 6.07) is 18.1. The molecule has 1 aliphatic heterocycles. The van der Waals surface area contributed by atoms with Gasteiger partial charge in [-0.05, 0) is 49.4 Å². The highest BCUT2D eigenvalue weighted by Gasteiger charge is 2.47. The highest BCUT2D eigenvalue weighted by Crippen LogP contribution is 2.27. The number of hydrazone groups is 1. The molecule has 1 saturated heterocycles. The third kappa shape index (κ3) is 4.80. The van der Waals surface area contributed by atoms with Crippen molar-refractivity contribution in [1.29, 1.82) is 0 Å². The molecule has 1 heterocycles. The van der Waals surface area contributed by atoms with Crippen molar-refractivity contribution in [2.45, 2.75) is 19.0 Å². The fourth-order valence-corrected chi connectivity index (χ4v) is 4.11. The van der Waals surface area contributed by atoms with Gasteiger partial charge in [0, 0.05) is 21.2 Å². The van der Waals surface area contributed by atoms with Crippen molar-refractivity contribution in [2.24, 2.45) is 0 Å². The Morgan fingerprint density at radius 3 is 2.28 bits per heavy atom. The number of hydrazine groups is 1. The van der Waals surface area contributed by atoms with E-state index in [1.165, 1.54) is 0 Å². The minimum Gasteiger partial charge on any atom is -0.334 e. The van der Waals surface area contributed by atoms with Crippen LogP contribution in [0, 0.1) is 6.92 Å². The van der Waals surface area contributed by atoms with Crippen molar-refractivity contribution in [3.8, 4) is 0 Å². The maximum Gasteiger partial charge on any atom is 0.304 e. The van der Waals surface area contributed by atoms with E-state index >= 15 is 0 Å². The molecule has 5 nitrogen and oxygen atoms in total. The maximum atomic E-state index is 12.9. The predicted molar refractivity (Wildman–Crippen MR) is 127 cm³/mol. The van der Waals surface area contributed by atoms with E-state index in [9.17, 15) is 9.59 Å². The Kier molecular flexibility index (Phi) is 6.51. The highest BCUT2D eigenvalue weighted by atomic mass is 35.5. The fourth-order valence-electron chi connectivity index (χ4n) is 3.53. The summed E-state index contributed by atoms with van der Waals surface area (Å²) in [7, 11) is 0. The fraction of sp³-hybridized carbons (Fsp3) is 0.125. The number of carbonyl (C=O) groups excluding carboxylic acids is 2. The molecular weight excluding hydrogens is 469 g/mol. The normalized spacial score (nSPS) is 19.1. The zero-order valence-corrected chi connectivity index (χ0v) is 19.2. The van der Waals surface area contributed by atoms with Crippen molar-refractivity contribution in [3.63, 3.8) is 0 Å². The van der Waals surface area contributed by atoms with Crippen molar-refractivity contribution < 1.29 is 14.3 Å². The monoisotopic (exact) mass is 486 g/mol. The molecule has 1 fully saturated rings. The second-order valence-corrected chi connectivity index (χ2v) is 8.77. The number of hydrogen-bond acceptors (Lipinski definition) is 2. The van der Waals surface area contributed by atoms with Gasteiger partial charge in [-0.3, -0.25) is 9.59 Å². The van der Waals surface area contributed by atoms with E-state index < -0.39 is 12.1 Å². The first-order chi connectivity index (χ1) is 15.3. The number of carbonyl (C=O) groups is 2. The Balaban J connectivity index is 1.72. The summed E-state index contributed by atoms with van der Waals surface area (Å²) in [6.45, 7) is 1.99. The summed E-state index contributed by atoms with van der Waals surface area (Å²) >= 11 is 18.3. The molecule has 0 unspecified atom stereocenters. The first-order valence-electron chi connectivity index (χ1n) is 9.83. The largest absolute Gasteiger partial charge is 0.334 e. The molecule has 32 heavy (non-hydrogen) atoms. The van der Waals surface area contributed by atoms with Crippen LogP contribution in [-0.2, 0) is 4.79 Å². The molecule has 162 valence electrons. The van der Waals surface area contributed by atoms with Crippen molar-refractivity contribution in [1.82, 2.24) is 10.7 Å². The molecule has 0 aliphatic carbocycles. The number of halogens is 3. The predicted octanol–water partition coefficient (Wildman–Crippen LogP) is 4.97. The first-order valence-corrected chi connectivity index (χ1v) is 11.0. The Morgan fingerprint density at radius 2 is 1.62 bits per heavy atom. The molecule has 3 aromatic carbocycles. The number of hydrogen-bond donors (Lipinski definition) is 2. The Morgan fingerprint density at radius 1 is 0.969 bits per heavy atom. The van der Waals surface area contributed by atoms with E-state index in [0.29, 0.717) is 26.2 Å². The second kappa shape index (κ2) is 9.33. The van der Waals surface area contributed by atoms with Crippen LogP contribution in [0.4, 0.5) is 0 Å². The number of aryl methyl sites for hydroxylation is 1. The highest BCUT2D eigenvalue weighted by molar-refractivity contribution is 6.36. The smallest absolute Gasteiger partial charge is 0.304 e. The van der Waals surface area contributed by atoms with Crippen molar-refractivity contribution >= 4 is 52.8 Å². The molecule has 2 amide bonds. The van der Waals surface area contributed by atoms with Crippen LogP contribution in [0.15, 0.2) is 66.7 Å². The second-order valence-electron chi connectivity index (χ2n) is 7.49. The molecule has 3 aromatic rings. The number of benzene rings is 3. The quantitative estimate of drug-likeness (QED) is 0.510. The van der Waals surface area contributed by atoms with Crippen LogP contribution in [0.5, 0.6) is 0 Å². The van der Waals surface area contributed by atoms with Gasteiger partial charge in [-0.25, -0.2) is 0 Å². The maximum absolute atomic E-state index is 12.9. The van der Waals surface area contributed by atoms with Gasteiger partial charge < -0.3 is 5.32 Å². The molecule has 0 radical (unpaired) electrons. The van der Waals surface area contributed by atoms with Gasteiger partial charge in [-0.2, -0.15) is 0 Å². The molecular formula is C24H19Cl3N3O2+. The van der Waals surface area contributed by atoms with Crippen LogP contribution in [0.2, 0.25) is 15.1 Å². The topological polar surface area (TPSA) is 61.2 Å². The van der Waals surface area contributed by atoms with Crippen LogP contribution >= 0.6 is 34.8 Å². The van der Waals surface area contributed by atoms with Crippen molar-refractivity contribution in [2.75, 3.05) is 0 Å². The average molecular weight is 488 g/mol. The van der Waals surface area contributed by atoms with Crippen molar-refractivity contribution in [3.05, 3.63) is 104 Å². The van der Waals surface area contributed by atoms with Crippen LogP contribution in [-0.4, -0.2) is 28.8 Å². The molecule has 0 bridgehead atoms. The third-order valence-electron chi connectivity index (χ3n) is 5.19. The van der Waals surface area contributed by atoms with E-state index in [1.807, 2.05) is 31.2 Å². The molecule has 1 aliphatic rings. The van der Waals surface area contributed by atoms with E-state index in [1.54, 1.807) is 53.4 Å². The Bertz CT molecular complexity index is 1210. The molecule has 0 aromatic heterocycles. The molecule has 2 atom stereocenters. The van der Waals surface area contributed by atoms with Crippen LogP contribution in [0.25, 0.3) is 0 Å². The van der Waals surface area contributed by atoms with Gasteiger partial charge in [0.05, 0.1) is 10.6 Å². The molecule has 8 heteroatoms. The van der Waals surface area contributed by atoms with Crippen LogP contribution in [0.3, 0.4) is 0 Å². The van der Waals surface area contributed by atoms with Gasteiger partial charge in [0.15, 0.2) is 6.04 Å². The van der Waals surface area contributed by atoms with Gasteiger partial charge in [0.1, 0.15) is 0 Å². The van der Waals surface area contributed by atoms with Gasteiger partial charge >= 0.3 is 5.91 Å². The summed E-state index contributed by atoms with van der Waals surface area (Å²) in [4.78, 5) is 25.8. The van der Waals surface area contributed by atoms with Gasteiger partial charge in [-0.1, -0.05) is 64.6 Å². The average Bonchev–Trinajstić information content (AvgIpc) is 3.06. The van der Waals surface area contributed by atoms with E-state index in [0.717, 1.165) is 11.1 Å². The molecule has 0 saturated carbocycles. The molecule has 2 N–H and O–H groups in total. The summed E-state index contributed by atoms with van der Waals surface area (Å²) in [5.41, 5.74) is 5.87. The summed E-state index contributed by atoms with van der Waals surface area (Å²) in [6.07, 6.45) is 1.73. The summed E-state index contributed by atoms with van der Waals surface area (Å²) in [5, 5.41) is 4.35. The minimum absolute atomic E-state index is 0.334. The van der Waals surface area contributed by atoms with Gasteiger partial charge in [-0.15, -0.1) is 10.1 Å². The number of nitrogens with one attached hydrogen (secondary N) is 2. The lowest BCUT2D eigenvalue weighted by Gasteiger charge is -2.15. The summed E-state index contributed by atoms with van der Waals surface area (Å²) < 4.78 is 1.66. The van der Waals surface area contributed by atoms with Gasteiger partial charge in [0.2, 0.25) is 12.3 Å². The summed E-state index contributed by atoms with van der Waals surface area (Å²) in [5.74, 6) is -0.704. The lowest BCUT2D eigenvalue weighted by Crippen LogP contribution is -2.42. The third-order valence-corrected chi connectivity index (χ3v) is 6.00. The van der Waals surface area contributed by atoms with Gasteiger partial charge in [0.25, 0.3) is 5.91 Å². The lowest BCUT2D eigenvalue weighted by atomic mass is 9.98. The Hall–Kier alpha value is -2.86. The van der Waals surface area contributed by atoms with E-state index in [2.05, 4.69) is 10.7 Å². The number of nitrogens with zero attached hydrogens (tertiary/aromatic N) is 1. The first kappa shape index (κ1) is 22.3. The molecule has 0 spiro atoms. The standard InChI is InChI=1S/C24H18Cl3N3O2/c1-14-2-4-15(5-3-14)22-21(28-23(31)16-6-9-18(25)10-7-16)24(32)29-30(22)13-17-8-11-19(26)12-20(17)27/h2-13,21-22H,1H3,(H-,28,29,31,32)/p+1/b30-13-/t21-,22-/m1/s1. The van der Waals surface area contributed by atoms with E-state index in [4.69, 9.17) is 34.8 Å². The van der Waals surface area contributed by atoms with E-state index in [-0.39, 0.29) is 11.8 Å². The Labute approximate surface area is 200 Å². The minimum atomic E-state index is -0.830. The number of amides is 2. The lowest BCUT2D eigenvalue weighted by molar-refractivity contribution is -0.596. The molecule has 4 rings (SSSR count). The van der Waals surface area contributed by atoms with Crippen LogP contribution < -0.4 is 10.7 Å². The zero-order chi connectivity index (χ0) is 22.8. The zero-order valence-electron chi connectivity index (χ0n) is 17.0. The SMILES string of the molecule is Cc1ccc([C@@H]2[C@@H](NC(=O)c3ccc(Cl)cc3)C(=O)N/[N+]2=C\c2ccc(Cl)cc2Cl)cc1. The van der Waals surface area contributed by atoms with Crippen LogP contribution in [0.1, 0.15) is 33.1 Å². The number of rotatable bonds is 4.